The number of ether oxygens (including phenoxy) is 2. The quantitative estimate of drug-likeness (QED) is 0.564. The number of hydrogen-bond donors (Lipinski definition) is 3. The Labute approximate surface area is 200 Å². The Hall–Kier alpha value is -2.71. The summed E-state index contributed by atoms with van der Waals surface area (Å²) in [5, 5.41) is 9.74. The van der Waals surface area contributed by atoms with Gasteiger partial charge < -0.3 is 25.4 Å². The van der Waals surface area contributed by atoms with Gasteiger partial charge in [-0.15, -0.1) is 0 Å². The lowest BCUT2D eigenvalue weighted by atomic mass is 9.91. The van der Waals surface area contributed by atoms with Gasteiger partial charge in [0.15, 0.2) is 12.7 Å². The molecular formula is C23H24Cl2FN3O4. The molecule has 1 heterocycles. The molecule has 1 aliphatic carbocycles. The summed E-state index contributed by atoms with van der Waals surface area (Å²) in [5.41, 5.74) is 0.771. The van der Waals surface area contributed by atoms with Crippen LogP contribution in [0, 0.1) is 5.82 Å². The average molecular weight is 496 g/mol. The van der Waals surface area contributed by atoms with Crippen molar-refractivity contribution in [3.05, 3.63) is 52.3 Å². The van der Waals surface area contributed by atoms with E-state index in [-0.39, 0.29) is 41.3 Å². The van der Waals surface area contributed by atoms with Gasteiger partial charge >= 0.3 is 0 Å². The Kier molecular flexibility index (Phi) is 7.45. The molecule has 2 aromatic carbocycles. The largest absolute Gasteiger partial charge is 0.484 e. The summed E-state index contributed by atoms with van der Waals surface area (Å²) in [7, 11) is 0. The van der Waals surface area contributed by atoms with Crippen LogP contribution in [0.15, 0.2) is 36.4 Å². The van der Waals surface area contributed by atoms with E-state index in [1.165, 1.54) is 12.1 Å². The van der Waals surface area contributed by atoms with E-state index in [1.807, 2.05) is 0 Å². The molecule has 7 nitrogen and oxygen atoms in total. The minimum absolute atomic E-state index is 0.000397. The molecule has 1 atom stereocenters. The molecule has 0 aromatic heterocycles. The third-order valence-electron chi connectivity index (χ3n) is 5.68. The molecule has 10 heteroatoms. The van der Waals surface area contributed by atoms with Crippen LogP contribution in [0.4, 0.5) is 10.1 Å². The molecule has 1 saturated carbocycles. The van der Waals surface area contributed by atoms with E-state index in [0.717, 1.165) is 37.4 Å². The highest BCUT2D eigenvalue weighted by Gasteiger charge is 2.29. The second-order valence-electron chi connectivity index (χ2n) is 8.12. The van der Waals surface area contributed by atoms with Crippen molar-refractivity contribution in [2.45, 2.75) is 43.9 Å². The van der Waals surface area contributed by atoms with Crippen LogP contribution in [0.25, 0.3) is 0 Å². The molecule has 0 saturated heterocycles. The zero-order chi connectivity index (χ0) is 23.4. The fourth-order valence-electron chi connectivity index (χ4n) is 3.95. The first-order valence-corrected chi connectivity index (χ1v) is 11.5. The van der Waals surface area contributed by atoms with Crippen LogP contribution >= 0.6 is 23.2 Å². The van der Waals surface area contributed by atoms with Gasteiger partial charge in [0.2, 0.25) is 0 Å². The van der Waals surface area contributed by atoms with E-state index < -0.39 is 11.9 Å². The number of halogens is 3. The number of hydrogen-bond acceptors (Lipinski definition) is 5. The predicted octanol–water partition coefficient (Wildman–Crippen LogP) is 3.93. The molecule has 3 N–H and O–H groups in total. The highest BCUT2D eigenvalue weighted by Crippen LogP contribution is 2.31. The van der Waals surface area contributed by atoms with Gasteiger partial charge in [-0.2, -0.15) is 0 Å². The van der Waals surface area contributed by atoms with Crippen LogP contribution in [-0.4, -0.2) is 43.2 Å². The van der Waals surface area contributed by atoms with Gasteiger partial charge in [-0.1, -0.05) is 23.2 Å². The molecule has 1 fully saturated rings. The molecule has 2 aromatic rings. The molecule has 1 unspecified atom stereocenters. The maximum absolute atomic E-state index is 13.4. The summed E-state index contributed by atoms with van der Waals surface area (Å²) in [6.07, 6.45) is 2.33. The standard InChI is InChI=1S/C23H24Cl2FN3O4/c24-13-1-8-20-19(9-13)27-11-21(33-20)23(31)29-15-4-2-14(3-5-15)28-22(30)12-32-16-6-7-17(25)18(26)10-16/h1,6-10,14-15,21,27H,2-5,11-12H2,(H,28,30)(H,29,31). The molecule has 33 heavy (non-hydrogen) atoms. The molecule has 0 bridgehead atoms. The lowest BCUT2D eigenvalue weighted by molar-refractivity contribution is -0.129. The number of carbonyl (C=O) groups excluding carboxylic acids is 2. The lowest BCUT2D eigenvalue weighted by Gasteiger charge is -2.32. The second kappa shape index (κ2) is 10.5. The molecule has 0 spiro atoms. The normalized spacial score (nSPS) is 21.7. The lowest BCUT2D eigenvalue weighted by Crippen LogP contribution is -2.50. The van der Waals surface area contributed by atoms with E-state index in [4.69, 9.17) is 32.7 Å². The van der Waals surface area contributed by atoms with Crippen molar-refractivity contribution in [3.63, 3.8) is 0 Å². The van der Waals surface area contributed by atoms with Crippen LogP contribution in [0.3, 0.4) is 0 Å². The van der Waals surface area contributed by atoms with Crippen molar-refractivity contribution < 1.29 is 23.5 Å². The van der Waals surface area contributed by atoms with Gasteiger partial charge in [-0.3, -0.25) is 9.59 Å². The van der Waals surface area contributed by atoms with Crippen LogP contribution in [0.5, 0.6) is 11.5 Å². The molecule has 2 aliphatic rings. The molecule has 0 radical (unpaired) electrons. The first-order chi connectivity index (χ1) is 15.9. The third-order valence-corrected chi connectivity index (χ3v) is 6.22. The van der Waals surface area contributed by atoms with Gasteiger partial charge in [0.05, 0.1) is 17.3 Å². The number of amides is 2. The smallest absolute Gasteiger partial charge is 0.263 e. The highest BCUT2D eigenvalue weighted by atomic mass is 35.5. The Morgan fingerprint density at radius 3 is 2.52 bits per heavy atom. The molecular weight excluding hydrogens is 472 g/mol. The van der Waals surface area contributed by atoms with Crippen molar-refractivity contribution in [1.29, 1.82) is 0 Å². The minimum atomic E-state index is -0.619. The van der Waals surface area contributed by atoms with E-state index in [2.05, 4.69) is 16.0 Å². The first-order valence-electron chi connectivity index (χ1n) is 10.7. The summed E-state index contributed by atoms with van der Waals surface area (Å²) in [6, 6.07) is 9.27. The summed E-state index contributed by atoms with van der Waals surface area (Å²) >= 11 is 11.6. The Morgan fingerprint density at radius 1 is 1.06 bits per heavy atom. The van der Waals surface area contributed by atoms with E-state index in [9.17, 15) is 14.0 Å². The zero-order valence-corrected chi connectivity index (χ0v) is 19.2. The Balaban J connectivity index is 1.17. The second-order valence-corrected chi connectivity index (χ2v) is 8.96. The summed E-state index contributed by atoms with van der Waals surface area (Å²) in [6.45, 7) is 0.151. The van der Waals surface area contributed by atoms with Crippen molar-refractivity contribution in [3.8, 4) is 11.5 Å². The monoisotopic (exact) mass is 495 g/mol. The number of rotatable bonds is 6. The van der Waals surface area contributed by atoms with Gasteiger partial charge in [0.1, 0.15) is 17.3 Å². The van der Waals surface area contributed by atoms with Crippen molar-refractivity contribution in [2.24, 2.45) is 0 Å². The molecule has 176 valence electrons. The number of nitrogens with one attached hydrogen (secondary N) is 3. The molecule has 1 aliphatic heterocycles. The number of carbonyl (C=O) groups is 2. The van der Waals surface area contributed by atoms with E-state index in [1.54, 1.807) is 18.2 Å². The summed E-state index contributed by atoms with van der Waals surface area (Å²) in [5.74, 6) is -0.208. The van der Waals surface area contributed by atoms with Gasteiger partial charge in [-0.25, -0.2) is 4.39 Å². The summed E-state index contributed by atoms with van der Waals surface area (Å²) < 4.78 is 24.6. The van der Waals surface area contributed by atoms with Crippen LogP contribution in [0.1, 0.15) is 25.7 Å². The minimum Gasteiger partial charge on any atom is -0.484 e. The van der Waals surface area contributed by atoms with E-state index in [0.29, 0.717) is 17.3 Å². The fraction of sp³-hybridized carbons (Fsp3) is 0.391. The van der Waals surface area contributed by atoms with Crippen molar-refractivity contribution in [1.82, 2.24) is 10.6 Å². The molecule has 2 amide bonds. The number of anilines is 1. The maximum Gasteiger partial charge on any atom is 0.263 e. The topological polar surface area (TPSA) is 88.7 Å². The van der Waals surface area contributed by atoms with Crippen molar-refractivity contribution >= 4 is 40.7 Å². The van der Waals surface area contributed by atoms with Gasteiger partial charge in [0.25, 0.3) is 11.8 Å². The molecule has 4 rings (SSSR count). The third kappa shape index (κ3) is 6.21. The van der Waals surface area contributed by atoms with Crippen LogP contribution in [0.2, 0.25) is 10.0 Å². The SMILES string of the molecule is O=C(COc1ccc(Cl)c(F)c1)NC1CCC(NC(=O)C2CNc3cc(Cl)ccc3O2)CC1. The Bertz CT molecular complexity index is 1030. The van der Waals surface area contributed by atoms with Crippen LogP contribution in [-0.2, 0) is 9.59 Å². The maximum atomic E-state index is 13.4. The highest BCUT2D eigenvalue weighted by molar-refractivity contribution is 6.31. The zero-order valence-electron chi connectivity index (χ0n) is 17.7. The van der Waals surface area contributed by atoms with Crippen molar-refractivity contribution in [2.75, 3.05) is 18.5 Å². The van der Waals surface area contributed by atoms with Gasteiger partial charge in [0, 0.05) is 23.2 Å². The van der Waals surface area contributed by atoms with Gasteiger partial charge in [-0.05, 0) is 56.0 Å². The number of fused-ring (bicyclic) bond motifs is 1. The fourth-order valence-corrected chi connectivity index (χ4v) is 4.24. The average Bonchev–Trinajstić information content (AvgIpc) is 2.80. The predicted molar refractivity (Wildman–Crippen MR) is 124 cm³/mol. The number of benzene rings is 2. The first kappa shape index (κ1) is 23.4. The van der Waals surface area contributed by atoms with E-state index >= 15 is 0 Å². The van der Waals surface area contributed by atoms with Crippen LogP contribution < -0.4 is 25.4 Å². The Morgan fingerprint density at radius 2 is 1.79 bits per heavy atom. The summed E-state index contributed by atoms with van der Waals surface area (Å²) in [4.78, 5) is 24.8.